The molecule has 1 aromatic rings. The predicted octanol–water partition coefficient (Wildman–Crippen LogP) is 2.75. The number of carbonyl (C=O) groups excluding carboxylic acids is 1. The zero-order valence-corrected chi connectivity index (χ0v) is 12.2. The van der Waals surface area contributed by atoms with Crippen LogP contribution in [0.1, 0.15) is 0 Å². The van der Waals surface area contributed by atoms with Crippen LogP contribution in [0, 0.1) is 0 Å². The molecule has 17 heavy (non-hydrogen) atoms. The molecule has 1 aromatic carbocycles. The van der Waals surface area contributed by atoms with Gasteiger partial charge in [-0.25, -0.2) is 0 Å². The lowest BCUT2D eigenvalue weighted by Gasteiger charge is -2.22. The topological polar surface area (TPSA) is 41.1 Å². The van der Waals surface area contributed by atoms with Crippen molar-refractivity contribution in [2.24, 2.45) is 0 Å². The summed E-state index contributed by atoms with van der Waals surface area (Å²) in [4.78, 5) is 12.0. The van der Waals surface area contributed by atoms with E-state index in [0.717, 1.165) is 22.5 Å². The van der Waals surface area contributed by atoms with Gasteiger partial charge in [-0.1, -0.05) is 11.6 Å². The number of thioether (sulfide) groups is 1. The lowest BCUT2D eigenvalue weighted by atomic mass is 10.2. The Morgan fingerprint density at radius 3 is 3.12 bits per heavy atom. The third-order valence-electron chi connectivity index (χ3n) is 2.42. The minimum absolute atomic E-state index is 0.0137. The maximum atomic E-state index is 12.0. The summed E-state index contributed by atoms with van der Waals surface area (Å²) in [6.45, 7) is 0.874. The number of amides is 1. The van der Waals surface area contributed by atoms with E-state index in [1.807, 2.05) is 6.07 Å². The third-order valence-corrected chi connectivity index (χ3v) is 4.41. The van der Waals surface area contributed by atoms with E-state index in [1.165, 1.54) is 0 Å². The number of anilines is 1. The fourth-order valence-electron chi connectivity index (χ4n) is 1.55. The van der Waals surface area contributed by atoms with Gasteiger partial charge in [-0.3, -0.25) is 4.79 Å². The monoisotopic (exact) mass is 334 g/mol. The second-order valence-electron chi connectivity index (χ2n) is 3.70. The smallest absolute Gasteiger partial charge is 0.242 e. The molecule has 0 spiro atoms. The van der Waals surface area contributed by atoms with Gasteiger partial charge in [0.05, 0.1) is 11.7 Å². The maximum absolute atomic E-state index is 12.0. The van der Waals surface area contributed by atoms with E-state index in [2.05, 4.69) is 26.6 Å². The van der Waals surface area contributed by atoms with Gasteiger partial charge in [0.2, 0.25) is 5.91 Å². The highest BCUT2D eigenvalue weighted by atomic mass is 79.9. The van der Waals surface area contributed by atoms with E-state index >= 15 is 0 Å². The Labute approximate surface area is 118 Å². The summed E-state index contributed by atoms with van der Waals surface area (Å²) in [5.41, 5.74) is 0.708. The second-order valence-corrected chi connectivity index (χ2v) is 6.14. The van der Waals surface area contributed by atoms with E-state index in [9.17, 15) is 4.79 Å². The van der Waals surface area contributed by atoms with Gasteiger partial charge in [0.25, 0.3) is 0 Å². The average Bonchev–Trinajstić information content (AvgIpc) is 2.35. The molecule has 1 unspecified atom stereocenters. The van der Waals surface area contributed by atoms with Gasteiger partial charge in [0.15, 0.2) is 0 Å². The molecule has 0 aliphatic carbocycles. The summed E-state index contributed by atoms with van der Waals surface area (Å²) in [6.07, 6.45) is 0. The molecule has 1 heterocycles. The normalized spacial score (nSPS) is 20.0. The molecule has 92 valence electrons. The van der Waals surface area contributed by atoms with Crippen LogP contribution in [-0.4, -0.2) is 30.0 Å². The van der Waals surface area contributed by atoms with Crippen molar-refractivity contribution in [2.75, 3.05) is 23.4 Å². The molecule has 1 aliphatic rings. The second kappa shape index (κ2) is 6.09. The van der Waals surface area contributed by atoms with Crippen molar-refractivity contribution in [3.8, 4) is 0 Å². The van der Waals surface area contributed by atoms with E-state index in [4.69, 9.17) is 11.6 Å². The van der Waals surface area contributed by atoms with Crippen LogP contribution < -0.4 is 10.6 Å². The fraction of sp³-hybridized carbons (Fsp3) is 0.364. The molecule has 1 aliphatic heterocycles. The number of hydrogen-bond acceptors (Lipinski definition) is 3. The van der Waals surface area contributed by atoms with Crippen molar-refractivity contribution in [1.29, 1.82) is 0 Å². The largest absolute Gasteiger partial charge is 0.324 e. The first-order chi connectivity index (χ1) is 8.16. The van der Waals surface area contributed by atoms with Gasteiger partial charge in [-0.15, -0.1) is 0 Å². The van der Waals surface area contributed by atoms with Crippen LogP contribution in [-0.2, 0) is 4.79 Å². The molecule has 1 amide bonds. The number of benzene rings is 1. The minimum Gasteiger partial charge on any atom is -0.324 e. The lowest BCUT2D eigenvalue weighted by Crippen LogP contribution is -2.46. The van der Waals surface area contributed by atoms with Crippen molar-refractivity contribution in [3.63, 3.8) is 0 Å². The van der Waals surface area contributed by atoms with Crippen LogP contribution >= 0.6 is 39.3 Å². The molecular formula is C11H12BrClN2OS. The Morgan fingerprint density at radius 1 is 1.59 bits per heavy atom. The lowest BCUT2D eigenvalue weighted by molar-refractivity contribution is -0.117. The molecule has 1 atom stereocenters. The molecule has 0 saturated carbocycles. The number of rotatable bonds is 2. The van der Waals surface area contributed by atoms with Crippen molar-refractivity contribution in [2.45, 2.75) is 6.04 Å². The zero-order chi connectivity index (χ0) is 12.3. The summed E-state index contributed by atoms with van der Waals surface area (Å²) < 4.78 is 0.832. The van der Waals surface area contributed by atoms with Crippen LogP contribution in [0.2, 0.25) is 5.02 Å². The maximum Gasteiger partial charge on any atom is 0.242 e. The highest BCUT2D eigenvalue weighted by molar-refractivity contribution is 9.10. The SMILES string of the molecule is O=C(Nc1cc(Cl)ccc1Br)C1CSCCN1. The Morgan fingerprint density at radius 2 is 2.41 bits per heavy atom. The van der Waals surface area contributed by atoms with Gasteiger partial charge in [0.1, 0.15) is 0 Å². The average molecular weight is 336 g/mol. The van der Waals surface area contributed by atoms with Gasteiger partial charge in [-0.05, 0) is 34.1 Å². The number of halogens is 2. The predicted molar refractivity (Wildman–Crippen MR) is 76.9 cm³/mol. The van der Waals surface area contributed by atoms with Crippen LogP contribution in [0.3, 0.4) is 0 Å². The molecule has 0 aromatic heterocycles. The van der Waals surface area contributed by atoms with E-state index in [1.54, 1.807) is 23.9 Å². The van der Waals surface area contributed by atoms with Crippen molar-refractivity contribution in [1.82, 2.24) is 5.32 Å². The molecule has 1 saturated heterocycles. The van der Waals surface area contributed by atoms with E-state index in [-0.39, 0.29) is 11.9 Å². The van der Waals surface area contributed by atoms with Crippen molar-refractivity contribution >= 4 is 50.9 Å². The Hall–Kier alpha value is -0.230. The first-order valence-corrected chi connectivity index (χ1v) is 7.56. The van der Waals surface area contributed by atoms with Crippen LogP contribution in [0.4, 0.5) is 5.69 Å². The van der Waals surface area contributed by atoms with Gasteiger partial charge < -0.3 is 10.6 Å². The zero-order valence-electron chi connectivity index (χ0n) is 9.00. The Kier molecular flexibility index (Phi) is 4.73. The molecule has 3 nitrogen and oxygen atoms in total. The minimum atomic E-state index is -0.125. The number of nitrogens with one attached hydrogen (secondary N) is 2. The first-order valence-electron chi connectivity index (χ1n) is 5.24. The summed E-state index contributed by atoms with van der Waals surface area (Å²) >= 11 is 11.1. The highest BCUT2D eigenvalue weighted by Crippen LogP contribution is 2.26. The quantitative estimate of drug-likeness (QED) is 0.873. The molecule has 2 rings (SSSR count). The van der Waals surface area contributed by atoms with E-state index in [0.29, 0.717) is 10.7 Å². The molecule has 2 N–H and O–H groups in total. The van der Waals surface area contributed by atoms with E-state index < -0.39 is 0 Å². The highest BCUT2D eigenvalue weighted by Gasteiger charge is 2.21. The third kappa shape index (κ3) is 3.61. The van der Waals surface area contributed by atoms with Crippen LogP contribution in [0.15, 0.2) is 22.7 Å². The molecule has 0 bridgehead atoms. The summed E-state index contributed by atoms with van der Waals surface area (Å²) in [7, 11) is 0. The van der Waals surface area contributed by atoms with Gasteiger partial charge in [0, 0.05) is 27.5 Å². The first kappa shape index (κ1) is 13.2. The number of hydrogen-bond donors (Lipinski definition) is 2. The molecule has 0 radical (unpaired) electrons. The molecular weight excluding hydrogens is 324 g/mol. The Balaban J connectivity index is 2.04. The number of carbonyl (C=O) groups is 1. The fourth-order valence-corrected chi connectivity index (χ4v) is 3.00. The van der Waals surface area contributed by atoms with Gasteiger partial charge in [-0.2, -0.15) is 11.8 Å². The van der Waals surface area contributed by atoms with Gasteiger partial charge >= 0.3 is 0 Å². The standard InChI is InChI=1S/C11H12BrClN2OS/c12-8-2-1-7(13)5-9(8)15-11(16)10-6-17-4-3-14-10/h1-2,5,10,14H,3-4,6H2,(H,15,16). The summed E-state index contributed by atoms with van der Waals surface area (Å²) in [6, 6.07) is 5.20. The van der Waals surface area contributed by atoms with Crippen LogP contribution in [0.5, 0.6) is 0 Å². The van der Waals surface area contributed by atoms with Crippen molar-refractivity contribution in [3.05, 3.63) is 27.7 Å². The van der Waals surface area contributed by atoms with Crippen LogP contribution in [0.25, 0.3) is 0 Å². The summed E-state index contributed by atoms with van der Waals surface area (Å²) in [5, 5.41) is 6.67. The molecule has 6 heteroatoms. The molecule has 1 fully saturated rings. The van der Waals surface area contributed by atoms with Crippen molar-refractivity contribution < 1.29 is 4.79 Å². The Bertz CT molecular complexity index is 424. The summed E-state index contributed by atoms with van der Waals surface area (Å²) in [5.74, 6) is 1.86.